The number of carbonyl (C=O) groups is 2. The van der Waals surface area contributed by atoms with E-state index in [1.165, 1.54) is 0 Å². The summed E-state index contributed by atoms with van der Waals surface area (Å²) in [5, 5.41) is 5.58. The highest BCUT2D eigenvalue weighted by Gasteiger charge is 2.13. The molecule has 6 nitrogen and oxygen atoms in total. The summed E-state index contributed by atoms with van der Waals surface area (Å²) in [4.78, 5) is 28.5. The van der Waals surface area contributed by atoms with Gasteiger partial charge in [0.1, 0.15) is 17.1 Å². The molecule has 1 heterocycles. The molecule has 0 saturated carbocycles. The van der Waals surface area contributed by atoms with Crippen molar-refractivity contribution in [1.82, 2.24) is 15.6 Å². The maximum atomic E-state index is 12.3. The Morgan fingerprint density at radius 3 is 2.28 bits per heavy atom. The van der Waals surface area contributed by atoms with Gasteiger partial charge in [0, 0.05) is 18.7 Å². The first-order valence-corrected chi connectivity index (χ1v) is 8.16. The molecule has 6 heteroatoms. The number of methoxy groups -OCH3 is 1. The van der Waals surface area contributed by atoms with Crippen LogP contribution in [0.25, 0.3) is 0 Å². The van der Waals surface area contributed by atoms with Gasteiger partial charge in [0.25, 0.3) is 11.8 Å². The minimum absolute atomic E-state index is 0.201. The minimum Gasteiger partial charge on any atom is -0.496 e. The van der Waals surface area contributed by atoms with Crippen LogP contribution in [0.3, 0.4) is 0 Å². The fourth-order valence-electron chi connectivity index (χ4n) is 2.19. The highest BCUT2D eigenvalue weighted by atomic mass is 16.5. The van der Waals surface area contributed by atoms with Crippen LogP contribution in [0.4, 0.5) is 0 Å². The van der Waals surface area contributed by atoms with Gasteiger partial charge in [-0.1, -0.05) is 38.1 Å². The number of nitrogens with one attached hydrogen (secondary N) is 2. The van der Waals surface area contributed by atoms with Gasteiger partial charge in [0.05, 0.1) is 7.11 Å². The summed E-state index contributed by atoms with van der Waals surface area (Å²) in [5.41, 5.74) is 1.29. The largest absolute Gasteiger partial charge is 0.496 e. The van der Waals surface area contributed by atoms with Crippen LogP contribution >= 0.6 is 0 Å². The van der Waals surface area contributed by atoms with Crippen molar-refractivity contribution in [3.8, 4) is 5.75 Å². The van der Waals surface area contributed by atoms with Crippen molar-refractivity contribution >= 4 is 11.8 Å². The first-order valence-electron chi connectivity index (χ1n) is 8.16. The number of ether oxygens (including phenoxy) is 1. The Morgan fingerprint density at radius 1 is 1.00 bits per heavy atom. The zero-order valence-corrected chi connectivity index (χ0v) is 14.7. The van der Waals surface area contributed by atoms with Crippen molar-refractivity contribution in [2.24, 2.45) is 5.92 Å². The van der Waals surface area contributed by atoms with Crippen LogP contribution in [0.15, 0.2) is 42.5 Å². The normalized spacial score (nSPS) is 10.4. The Balaban J connectivity index is 2.02. The number of carbonyl (C=O) groups excluding carboxylic acids is 2. The van der Waals surface area contributed by atoms with E-state index in [9.17, 15) is 9.59 Å². The number of amides is 2. The van der Waals surface area contributed by atoms with Crippen molar-refractivity contribution in [2.75, 3.05) is 13.7 Å². The number of para-hydroxylation sites is 1. The average molecular weight is 341 g/mol. The quantitative estimate of drug-likeness (QED) is 0.810. The molecular formula is C19H23N3O3. The van der Waals surface area contributed by atoms with Gasteiger partial charge in [-0.05, 0) is 24.1 Å². The lowest BCUT2D eigenvalue weighted by Crippen LogP contribution is -2.29. The molecule has 1 aromatic heterocycles. The monoisotopic (exact) mass is 341 g/mol. The molecule has 0 saturated heterocycles. The van der Waals surface area contributed by atoms with Crippen LogP contribution in [-0.4, -0.2) is 30.5 Å². The van der Waals surface area contributed by atoms with Crippen LogP contribution in [0.2, 0.25) is 0 Å². The smallest absolute Gasteiger partial charge is 0.270 e. The Hall–Kier alpha value is -2.89. The highest BCUT2D eigenvalue weighted by Crippen LogP contribution is 2.16. The van der Waals surface area contributed by atoms with Gasteiger partial charge in [-0.25, -0.2) is 4.98 Å². The number of benzene rings is 1. The van der Waals surface area contributed by atoms with Crippen LogP contribution in [-0.2, 0) is 6.54 Å². The summed E-state index contributed by atoms with van der Waals surface area (Å²) in [6, 6.07) is 12.3. The molecule has 0 bridgehead atoms. The third-order valence-electron chi connectivity index (χ3n) is 3.52. The molecule has 2 amide bonds. The zero-order chi connectivity index (χ0) is 18.2. The second-order valence-electron chi connectivity index (χ2n) is 6.01. The SMILES string of the molecule is COc1ccccc1CNC(=O)c1cccc(C(=O)NCC(C)C)n1. The average Bonchev–Trinajstić information content (AvgIpc) is 2.64. The third-order valence-corrected chi connectivity index (χ3v) is 3.52. The van der Waals surface area contributed by atoms with Gasteiger partial charge in [-0.15, -0.1) is 0 Å². The molecule has 1 aromatic carbocycles. The zero-order valence-electron chi connectivity index (χ0n) is 14.7. The summed E-state index contributed by atoms with van der Waals surface area (Å²) in [5.74, 6) is 0.423. The maximum absolute atomic E-state index is 12.3. The van der Waals surface area contributed by atoms with Gasteiger partial charge < -0.3 is 15.4 Å². The molecular weight excluding hydrogens is 318 g/mol. The predicted molar refractivity (Wildman–Crippen MR) is 95.6 cm³/mol. The van der Waals surface area contributed by atoms with E-state index in [0.29, 0.717) is 24.8 Å². The number of hydrogen-bond acceptors (Lipinski definition) is 4. The Kier molecular flexibility index (Phi) is 6.51. The molecule has 0 unspecified atom stereocenters. The van der Waals surface area contributed by atoms with E-state index in [-0.39, 0.29) is 23.2 Å². The van der Waals surface area contributed by atoms with Crippen LogP contribution < -0.4 is 15.4 Å². The maximum Gasteiger partial charge on any atom is 0.270 e. The van der Waals surface area contributed by atoms with E-state index < -0.39 is 0 Å². The first-order chi connectivity index (χ1) is 12.0. The second kappa shape index (κ2) is 8.82. The third kappa shape index (κ3) is 5.31. The summed E-state index contributed by atoms with van der Waals surface area (Å²) in [7, 11) is 1.58. The van der Waals surface area contributed by atoms with E-state index in [2.05, 4.69) is 15.6 Å². The van der Waals surface area contributed by atoms with Gasteiger partial charge in [-0.2, -0.15) is 0 Å². The minimum atomic E-state index is -0.343. The standard InChI is InChI=1S/C19H23N3O3/c1-13(2)11-20-18(23)15-8-6-9-16(22-15)19(24)21-12-14-7-4-5-10-17(14)25-3/h4-10,13H,11-12H2,1-3H3,(H,20,23)(H,21,24). The molecule has 0 fully saturated rings. The molecule has 2 N–H and O–H groups in total. The summed E-state index contributed by atoms with van der Waals surface area (Å²) < 4.78 is 5.26. The molecule has 0 radical (unpaired) electrons. The summed E-state index contributed by atoms with van der Waals surface area (Å²) in [6.07, 6.45) is 0. The molecule has 25 heavy (non-hydrogen) atoms. The molecule has 2 rings (SSSR count). The van der Waals surface area contributed by atoms with Gasteiger partial charge >= 0.3 is 0 Å². The Labute approximate surface area is 147 Å². The van der Waals surface area contributed by atoms with Crippen molar-refractivity contribution < 1.29 is 14.3 Å². The van der Waals surface area contributed by atoms with E-state index in [4.69, 9.17) is 4.74 Å². The van der Waals surface area contributed by atoms with Crippen LogP contribution in [0, 0.1) is 5.92 Å². The van der Waals surface area contributed by atoms with E-state index in [0.717, 1.165) is 5.56 Å². The lowest BCUT2D eigenvalue weighted by Gasteiger charge is -2.10. The summed E-state index contributed by atoms with van der Waals surface area (Å²) in [6.45, 7) is 4.89. The van der Waals surface area contributed by atoms with E-state index in [1.807, 2.05) is 38.1 Å². The lowest BCUT2D eigenvalue weighted by molar-refractivity contribution is 0.0940. The molecule has 132 valence electrons. The summed E-state index contributed by atoms with van der Waals surface area (Å²) >= 11 is 0. The fourth-order valence-corrected chi connectivity index (χ4v) is 2.19. The van der Waals surface area contributed by atoms with E-state index in [1.54, 1.807) is 25.3 Å². The molecule has 0 spiro atoms. The number of nitrogens with zero attached hydrogens (tertiary/aromatic N) is 1. The fraction of sp³-hybridized carbons (Fsp3) is 0.316. The molecule has 0 atom stereocenters. The van der Waals surface area contributed by atoms with Gasteiger partial charge in [0.15, 0.2) is 0 Å². The number of pyridine rings is 1. The number of rotatable bonds is 7. The molecule has 2 aromatic rings. The number of aromatic nitrogens is 1. The second-order valence-corrected chi connectivity index (χ2v) is 6.01. The highest BCUT2D eigenvalue weighted by molar-refractivity contribution is 5.96. The van der Waals surface area contributed by atoms with Crippen LogP contribution in [0.1, 0.15) is 40.4 Å². The van der Waals surface area contributed by atoms with Crippen LogP contribution in [0.5, 0.6) is 5.75 Å². The van der Waals surface area contributed by atoms with Gasteiger partial charge in [-0.3, -0.25) is 9.59 Å². The predicted octanol–water partition coefficient (Wildman–Crippen LogP) is 2.41. The Bertz CT molecular complexity index is 744. The topological polar surface area (TPSA) is 80.3 Å². The van der Waals surface area contributed by atoms with Crippen molar-refractivity contribution in [1.29, 1.82) is 0 Å². The lowest BCUT2D eigenvalue weighted by atomic mass is 10.2. The van der Waals surface area contributed by atoms with Gasteiger partial charge in [0.2, 0.25) is 0 Å². The van der Waals surface area contributed by atoms with E-state index >= 15 is 0 Å². The Morgan fingerprint density at radius 2 is 1.64 bits per heavy atom. The number of hydrogen-bond donors (Lipinski definition) is 2. The van der Waals surface area contributed by atoms with Crippen molar-refractivity contribution in [3.63, 3.8) is 0 Å². The molecule has 0 aliphatic heterocycles. The van der Waals surface area contributed by atoms with Crippen molar-refractivity contribution in [3.05, 3.63) is 59.4 Å². The molecule has 0 aliphatic rings. The molecule has 0 aliphatic carbocycles. The van der Waals surface area contributed by atoms with Crippen molar-refractivity contribution in [2.45, 2.75) is 20.4 Å². The first kappa shape index (κ1) is 18.4.